The molecule has 0 aromatic carbocycles. The van der Waals surface area contributed by atoms with Gasteiger partial charge >= 0.3 is 0 Å². The molecule has 0 amide bonds. The fourth-order valence-electron chi connectivity index (χ4n) is 0.895. The Hall–Kier alpha value is -2.11. The van der Waals surface area contributed by atoms with E-state index in [1.54, 1.807) is 0 Å². The molecule has 70 valence electrons. The Balaban J connectivity index is 2.39. The quantitative estimate of drug-likeness (QED) is 0.667. The van der Waals surface area contributed by atoms with Gasteiger partial charge in [0.1, 0.15) is 11.5 Å². The van der Waals surface area contributed by atoms with Gasteiger partial charge in [-0.15, -0.1) is 0 Å². The van der Waals surface area contributed by atoms with Crippen molar-refractivity contribution >= 4 is 6.29 Å². The molecule has 0 aliphatic carbocycles. The molecule has 2 heterocycles. The van der Waals surface area contributed by atoms with Gasteiger partial charge in [-0.3, -0.25) is 4.79 Å². The minimum Gasteiger partial charge on any atom is -0.331 e. The van der Waals surface area contributed by atoms with Gasteiger partial charge in [0.25, 0.3) is 5.89 Å². The van der Waals surface area contributed by atoms with E-state index in [0.29, 0.717) is 12.0 Å². The maximum absolute atomic E-state index is 12.5. The van der Waals surface area contributed by atoms with Gasteiger partial charge in [-0.1, -0.05) is 5.16 Å². The normalized spacial score (nSPS) is 10.1. The summed E-state index contributed by atoms with van der Waals surface area (Å²) in [6.07, 6.45) is 1.46. The summed E-state index contributed by atoms with van der Waals surface area (Å²) in [5, 5.41) is 3.48. The summed E-state index contributed by atoms with van der Waals surface area (Å²) in [6, 6.07) is 2.62. The zero-order valence-electron chi connectivity index (χ0n) is 6.85. The summed E-state index contributed by atoms with van der Waals surface area (Å²) in [6.45, 7) is 0. The molecule has 2 aromatic heterocycles. The van der Waals surface area contributed by atoms with Crippen LogP contribution >= 0.6 is 0 Å². The Bertz CT molecular complexity index is 452. The minimum absolute atomic E-state index is 0.133. The van der Waals surface area contributed by atoms with Crippen LogP contribution in [-0.4, -0.2) is 21.4 Å². The van der Waals surface area contributed by atoms with E-state index in [1.807, 2.05) is 0 Å². The average molecular weight is 193 g/mol. The third kappa shape index (κ3) is 1.49. The van der Waals surface area contributed by atoms with Crippen molar-refractivity contribution in [3.63, 3.8) is 0 Å². The van der Waals surface area contributed by atoms with Crippen LogP contribution < -0.4 is 0 Å². The molecule has 0 aliphatic rings. The van der Waals surface area contributed by atoms with Crippen molar-refractivity contribution in [3.05, 3.63) is 30.0 Å². The molecule has 0 N–H and O–H groups in total. The number of hydrogen-bond donors (Lipinski definition) is 0. The lowest BCUT2D eigenvalue weighted by molar-refractivity contribution is 0.108. The smallest absolute Gasteiger partial charge is 0.291 e. The largest absolute Gasteiger partial charge is 0.331 e. The molecule has 0 bridgehead atoms. The fraction of sp³-hybridized carbons (Fsp3) is 0. The molecule has 0 saturated heterocycles. The predicted octanol–water partition coefficient (Wildman–Crippen LogP) is 1.08. The molecule has 6 heteroatoms. The molecule has 14 heavy (non-hydrogen) atoms. The number of carbonyl (C=O) groups is 1. The lowest BCUT2D eigenvalue weighted by Gasteiger charge is -1.90. The molecule has 2 aromatic rings. The summed E-state index contributed by atoms with van der Waals surface area (Å²) in [5.74, 6) is -0.425. The molecule has 0 atom stereocenters. The molecular weight excluding hydrogens is 189 g/mol. The van der Waals surface area contributed by atoms with Gasteiger partial charge in [-0.2, -0.15) is 4.98 Å². The van der Waals surface area contributed by atoms with E-state index < -0.39 is 5.82 Å². The number of rotatable bonds is 2. The zero-order chi connectivity index (χ0) is 9.97. The number of nitrogens with zero attached hydrogens (tertiary/aromatic N) is 3. The molecule has 2 rings (SSSR count). The van der Waals surface area contributed by atoms with Gasteiger partial charge in [0, 0.05) is 0 Å². The van der Waals surface area contributed by atoms with E-state index in [4.69, 9.17) is 0 Å². The summed E-state index contributed by atoms with van der Waals surface area (Å²) in [4.78, 5) is 17.6. The third-order valence-corrected chi connectivity index (χ3v) is 1.50. The number of aromatic nitrogens is 3. The monoisotopic (exact) mass is 193 g/mol. The topological polar surface area (TPSA) is 68.9 Å². The van der Waals surface area contributed by atoms with Gasteiger partial charge in [-0.05, 0) is 12.1 Å². The minimum atomic E-state index is -0.451. The van der Waals surface area contributed by atoms with Crippen LogP contribution in [0.15, 0.2) is 22.9 Å². The van der Waals surface area contributed by atoms with Crippen LogP contribution in [0.4, 0.5) is 4.39 Å². The van der Waals surface area contributed by atoms with Crippen molar-refractivity contribution in [3.8, 4) is 11.5 Å². The summed E-state index contributed by atoms with van der Waals surface area (Å²) in [5.41, 5.74) is 0.350. The SMILES string of the molecule is O=Cc1nc(-c2ccc(F)cn2)no1. The first-order chi connectivity index (χ1) is 6.79. The Labute approximate surface area is 77.6 Å². The van der Waals surface area contributed by atoms with E-state index in [1.165, 1.54) is 12.1 Å². The van der Waals surface area contributed by atoms with E-state index in [2.05, 4.69) is 19.6 Å². The standard InChI is InChI=1S/C8H4FN3O2/c9-5-1-2-6(10-3-5)8-11-7(4-13)14-12-8/h1-4H. The van der Waals surface area contributed by atoms with E-state index in [0.717, 1.165) is 6.20 Å². The Kier molecular flexibility index (Phi) is 2.02. The van der Waals surface area contributed by atoms with Crippen LogP contribution in [0.2, 0.25) is 0 Å². The van der Waals surface area contributed by atoms with Crippen molar-refractivity contribution in [2.24, 2.45) is 0 Å². The van der Waals surface area contributed by atoms with Crippen LogP contribution in [0.3, 0.4) is 0 Å². The predicted molar refractivity (Wildman–Crippen MR) is 42.9 cm³/mol. The molecule has 0 radical (unpaired) electrons. The second-order valence-electron chi connectivity index (χ2n) is 2.44. The van der Waals surface area contributed by atoms with Gasteiger partial charge in [0.05, 0.1) is 6.20 Å². The summed E-state index contributed by atoms with van der Waals surface area (Å²) >= 11 is 0. The average Bonchev–Trinajstić information content (AvgIpc) is 2.67. The van der Waals surface area contributed by atoms with Crippen LogP contribution in [0, 0.1) is 5.82 Å². The second-order valence-corrected chi connectivity index (χ2v) is 2.44. The number of aldehydes is 1. The fourth-order valence-corrected chi connectivity index (χ4v) is 0.895. The number of carbonyl (C=O) groups excluding carboxylic acids is 1. The third-order valence-electron chi connectivity index (χ3n) is 1.50. The van der Waals surface area contributed by atoms with Crippen LogP contribution in [0.1, 0.15) is 10.7 Å². The highest BCUT2D eigenvalue weighted by Gasteiger charge is 2.08. The molecule has 0 aliphatic heterocycles. The molecular formula is C8H4FN3O2. The van der Waals surface area contributed by atoms with Gasteiger partial charge < -0.3 is 4.52 Å². The highest BCUT2D eigenvalue weighted by atomic mass is 19.1. The van der Waals surface area contributed by atoms with Crippen LogP contribution in [0.25, 0.3) is 11.5 Å². The van der Waals surface area contributed by atoms with Crippen LogP contribution in [0.5, 0.6) is 0 Å². The highest BCUT2D eigenvalue weighted by molar-refractivity contribution is 5.68. The summed E-state index contributed by atoms with van der Waals surface area (Å²) in [7, 11) is 0. The lowest BCUT2D eigenvalue weighted by Crippen LogP contribution is -1.86. The maximum Gasteiger partial charge on any atom is 0.291 e. The number of pyridine rings is 1. The Morgan fingerprint density at radius 1 is 1.43 bits per heavy atom. The van der Waals surface area contributed by atoms with Crippen molar-refractivity contribution < 1.29 is 13.7 Å². The van der Waals surface area contributed by atoms with E-state index in [-0.39, 0.29) is 11.7 Å². The number of hydrogen-bond acceptors (Lipinski definition) is 5. The second kappa shape index (κ2) is 3.33. The molecule has 0 unspecified atom stereocenters. The molecule has 0 fully saturated rings. The van der Waals surface area contributed by atoms with E-state index >= 15 is 0 Å². The number of halogens is 1. The summed E-state index contributed by atoms with van der Waals surface area (Å²) < 4.78 is 17.0. The molecule has 5 nitrogen and oxygen atoms in total. The maximum atomic E-state index is 12.5. The van der Waals surface area contributed by atoms with Gasteiger partial charge in [0.2, 0.25) is 12.1 Å². The van der Waals surface area contributed by atoms with Crippen molar-refractivity contribution in [2.45, 2.75) is 0 Å². The Morgan fingerprint density at radius 2 is 2.29 bits per heavy atom. The van der Waals surface area contributed by atoms with Crippen molar-refractivity contribution in [2.75, 3.05) is 0 Å². The molecule has 0 saturated carbocycles. The van der Waals surface area contributed by atoms with Crippen molar-refractivity contribution in [1.29, 1.82) is 0 Å². The first-order valence-electron chi connectivity index (χ1n) is 3.70. The first kappa shape index (κ1) is 8.49. The Morgan fingerprint density at radius 3 is 2.86 bits per heavy atom. The highest BCUT2D eigenvalue weighted by Crippen LogP contribution is 2.11. The lowest BCUT2D eigenvalue weighted by atomic mass is 10.3. The van der Waals surface area contributed by atoms with Gasteiger partial charge in [-0.25, -0.2) is 9.37 Å². The first-order valence-corrected chi connectivity index (χ1v) is 3.70. The zero-order valence-corrected chi connectivity index (χ0v) is 6.85. The molecule has 0 spiro atoms. The van der Waals surface area contributed by atoms with E-state index in [9.17, 15) is 9.18 Å². The van der Waals surface area contributed by atoms with Crippen molar-refractivity contribution in [1.82, 2.24) is 15.1 Å². The van der Waals surface area contributed by atoms with Crippen LogP contribution in [-0.2, 0) is 0 Å². The van der Waals surface area contributed by atoms with Gasteiger partial charge in [0.15, 0.2) is 0 Å².